The lowest BCUT2D eigenvalue weighted by Crippen LogP contribution is -2.50. The number of carboxylic acids is 1. The lowest BCUT2D eigenvalue weighted by Gasteiger charge is -2.45. The summed E-state index contributed by atoms with van der Waals surface area (Å²) in [6.07, 6.45) is 10.7. The zero-order valence-electron chi connectivity index (χ0n) is 20.5. The van der Waals surface area contributed by atoms with Crippen LogP contribution in [-0.4, -0.2) is 45.1 Å². The molecule has 1 unspecified atom stereocenters. The van der Waals surface area contributed by atoms with Crippen LogP contribution in [0.3, 0.4) is 0 Å². The van der Waals surface area contributed by atoms with Crippen LogP contribution in [0.25, 0.3) is 0 Å². The topological polar surface area (TPSA) is 70.0 Å². The molecule has 1 atom stereocenters. The van der Waals surface area contributed by atoms with Gasteiger partial charge in [0.1, 0.15) is 11.4 Å². The van der Waals surface area contributed by atoms with E-state index in [-0.39, 0.29) is 11.3 Å². The first kappa shape index (κ1) is 23.7. The summed E-state index contributed by atoms with van der Waals surface area (Å²) in [5, 5.41) is 9.80. The number of carbonyl (C=O) groups excluding carboxylic acids is 1. The summed E-state index contributed by atoms with van der Waals surface area (Å²) in [4.78, 5) is 33.3. The lowest BCUT2D eigenvalue weighted by molar-refractivity contribution is -0.129. The van der Waals surface area contributed by atoms with E-state index >= 15 is 0 Å². The normalized spacial score (nSPS) is 29.5. The molecule has 1 aromatic rings. The maximum absolute atomic E-state index is 13.8. The molecule has 0 aromatic heterocycles. The van der Waals surface area contributed by atoms with Crippen LogP contribution >= 0.6 is 11.8 Å². The summed E-state index contributed by atoms with van der Waals surface area (Å²) in [5.74, 6) is 0.640. The van der Waals surface area contributed by atoms with Crippen molar-refractivity contribution in [1.29, 1.82) is 0 Å². The number of thioether (sulfide) groups is 1. The van der Waals surface area contributed by atoms with E-state index in [9.17, 15) is 14.7 Å². The SMILES string of the molecule is CC(C)(C)C1CCC2(CC1)N=C(C1=CCC(C3CC3)S1)C(=O)N2CCc1ccc(C(=O)O)cc1. The summed E-state index contributed by atoms with van der Waals surface area (Å²) in [6.45, 7) is 7.57. The monoisotopic (exact) mass is 480 g/mol. The van der Waals surface area contributed by atoms with Crippen molar-refractivity contribution >= 4 is 29.4 Å². The van der Waals surface area contributed by atoms with E-state index in [4.69, 9.17) is 4.99 Å². The van der Waals surface area contributed by atoms with Crippen molar-refractivity contribution in [1.82, 2.24) is 4.90 Å². The molecule has 2 heterocycles. The molecular weight excluding hydrogens is 444 g/mol. The Balaban J connectivity index is 1.35. The summed E-state index contributed by atoms with van der Waals surface area (Å²) in [6, 6.07) is 7.02. The second-order valence-corrected chi connectivity index (χ2v) is 12.9. The number of hydrogen-bond acceptors (Lipinski definition) is 4. The van der Waals surface area contributed by atoms with Crippen molar-refractivity contribution in [3.8, 4) is 0 Å². The molecule has 1 amide bonds. The van der Waals surface area contributed by atoms with Crippen molar-refractivity contribution in [3.63, 3.8) is 0 Å². The number of hydrogen-bond donors (Lipinski definition) is 1. The number of aliphatic imine (C=N–C) groups is 1. The zero-order valence-corrected chi connectivity index (χ0v) is 21.4. The van der Waals surface area contributed by atoms with Crippen LogP contribution in [0.15, 0.2) is 40.2 Å². The van der Waals surface area contributed by atoms with Crippen LogP contribution in [-0.2, 0) is 11.2 Å². The highest BCUT2D eigenvalue weighted by Crippen LogP contribution is 2.50. The largest absolute Gasteiger partial charge is 0.478 e. The highest BCUT2D eigenvalue weighted by atomic mass is 32.2. The molecule has 1 N–H and O–H groups in total. The fourth-order valence-corrected chi connectivity index (χ4v) is 7.30. The third kappa shape index (κ3) is 4.58. The van der Waals surface area contributed by atoms with Gasteiger partial charge in [0, 0.05) is 16.7 Å². The van der Waals surface area contributed by atoms with Gasteiger partial charge in [-0.05, 0) is 86.3 Å². The minimum atomic E-state index is -0.916. The van der Waals surface area contributed by atoms with Crippen molar-refractivity contribution in [2.75, 3.05) is 6.54 Å². The third-order valence-electron chi connectivity index (χ3n) is 8.30. The Bertz CT molecular complexity index is 1020. The highest BCUT2D eigenvalue weighted by Gasteiger charge is 2.51. The van der Waals surface area contributed by atoms with E-state index in [2.05, 4.69) is 31.7 Å². The predicted octanol–water partition coefficient (Wildman–Crippen LogP) is 5.94. The van der Waals surface area contributed by atoms with Gasteiger partial charge in [0.15, 0.2) is 0 Å². The second-order valence-electron chi connectivity index (χ2n) is 11.6. The van der Waals surface area contributed by atoms with Crippen molar-refractivity contribution in [2.24, 2.45) is 22.2 Å². The van der Waals surface area contributed by atoms with Gasteiger partial charge in [0.05, 0.1) is 5.56 Å². The van der Waals surface area contributed by atoms with E-state index < -0.39 is 11.6 Å². The molecule has 1 aromatic carbocycles. The van der Waals surface area contributed by atoms with Crippen LogP contribution in [0.5, 0.6) is 0 Å². The van der Waals surface area contributed by atoms with Crippen LogP contribution in [0, 0.1) is 17.3 Å². The minimum Gasteiger partial charge on any atom is -0.478 e. The Kier molecular flexibility index (Phi) is 6.16. The average Bonchev–Trinajstić information content (AvgIpc) is 3.48. The number of carbonyl (C=O) groups is 2. The summed E-state index contributed by atoms with van der Waals surface area (Å²) < 4.78 is 0. The van der Waals surface area contributed by atoms with Gasteiger partial charge in [-0.25, -0.2) is 4.79 Å². The van der Waals surface area contributed by atoms with Gasteiger partial charge >= 0.3 is 5.97 Å². The van der Waals surface area contributed by atoms with E-state index in [1.54, 1.807) is 12.1 Å². The predicted molar refractivity (Wildman–Crippen MR) is 137 cm³/mol. The molecule has 0 bridgehead atoms. The molecular formula is C28H36N2O3S. The molecule has 5 rings (SSSR count). The van der Waals surface area contributed by atoms with Gasteiger partial charge < -0.3 is 10.0 Å². The van der Waals surface area contributed by atoms with E-state index in [0.29, 0.717) is 35.4 Å². The van der Waals surface area contributed by atoms with Crippen molar-refractivity contribution < 1.29 is 14.7 Å². The first-order chi connectivity index (χ1) is 16.2. The van der Waals surface area contributed by atoms with E-state index in [0.717, 1.165) is 48.5 Å². The first-order valence-corrected chi connectivity index (χ1v) is 13.7. The van der Waals surface area contributed by atoms with Gasteiger partial charge in [0.2, 0.25) is 0 Å². The first-order valence-electron chi connectivity index (χ1n) is 12.8. The molecule has 34 heavy (non-hydrogen) atoms. The van der Waals surface area contributed by atoms with Crippen LogP contribution in [0.1, 0.15) is 81.6 Å². The zero-order chi connectivity index (χ0) is 24.1. The number of rotatable bonds is 6. The maximum atomic E-state index is 13.8. The van der Waals surface area contributed by atoms with Gasteiger partial charge in [0.25, 0.3) is 5.91 Å². The molecule has 2 fully saturated rings. The number of benzene rings is 1. The molecule has 2 aliphatic carbocycles. The summed E-state index contributed by atoms with van der Waals surface area (Å²) in [5.41, 5.74) is 1.89. The minimum absolute atomic E-state index is 0.0894. The summed E-state index contributed by atoms with van der Waals surface area (Å²) in [7, 11) is 0. The Hall–Kier alpha value is -2.08. The molecule has 182 valence electrons. The number of amides is 1. The molecule has 6 heteroatoms. The average molecular weight is 481 g/mol. The van der Waals surface area contributed by atoms with Crippen LogP contribution in [0.4, 0.5) is 0 Å². The van der Waals surface area contributed by atoms with E-state index in [1.807, 2.05) is 23.9 Å². The molecule has 2 aliphatic heterocycles. The number of carboxylic acid groups (broad SMARTS) is 1. The maximum Gasteiger partial charge on any atom is 0.335 e. The molecule has 1 spiro atoms. The highest BCUT2D eigenvalue weighted by molar-refractivity contribution is 8.05. The van der Waals surface area contributed by atoms with Gasteiger partial charge in [-0.2, -0.15) is 0 Å². The Morgan fingerprint density at radius 2 is 1.82 bits per heavy atom. The molecule has 5 nitrogen and oxygen atoms in total. The summed E-state index contributed by atoms with van der Waals surface area (Å²) >= 11 is 1.88. The van der Waals surface area contributed by atoms with Crippen molar-refractivity contribution in [3.05, 3.63) is 46.4 Å². The Morgan fingerprint density at radius 3 is 2.41 bits per heavy atom. The Labute approximate surface area is 207 Å². The fourth-order valence-electron chi connectivity index (χ4n) is 5.88. The van der Waals surface area contributed by atoms with Gasteiger partial charge in [-0.1, -0.05) is 39.0 Å². The number of allylic oxidation sites excluding steroid dienone is 1. The van der Waals surface area contributed by atoms with Crippen LogP contribution < -0.4 is 0 Å². The van der Waals surface area contributed by atoms with E-state index in [1.165, 1.54) is 12.8 Å². The number of aromatic carboxylic acids is 1. The molecule has 0 radical (unpaired) electrons. The quantitative estimate of drug-likeness (QED) is 0.547. The smallest absolute Gasteiger partial charge is 0.335 e. The standard InChI is InChI=1S/C28H36N2O3S/c1-27(2,3)21-12-15-28(16-13-21)29-24(23-11-10-22(34-23)19-8-9-19)25(31)30(28)17-14-18-4-6-20(7-5-18)26(32)33/h4-7,11,19,21-22H,8-10,12-17H2,1-3H3,(H,32,33). The molecule has 4 aliphatic rings. The Morgan fingerprint density at radius 1 is 1.15 bits per heavy atom. The molecule has 2 saturated carbocycles. The molecule has 0 saturated heterocycles. The van der Waals surface area contributed by atoms with Crippen molar-refractivity contribution in [2.45, 2.75) is 83.1 Å². The second kappa shape index (κ2) is 8.85. The van der Waals surface area contributed by atoms with Gasteiger partial charge in [-0.3, -0.25) is 9.79 Å². The third-order valence-corrected chi connectivity index (χ3v) is 9.80. The lowest BCUT2D eigenvalue weighted by atomic mass is 9.69. The van der Waals surface area contributed by atoms with Gasteiger partial charge in [-0.15, -0.1) is 11.8 Å². The van der Waals surface area contributed by atoms with Crippen LogP contribution in [0.2, 0.25) is 0 Å². The number of nitrogens with zero attached hydrogens (tertiary/aromatic N) is 2. The fraction of sp³-hybridized carbons (Fsp3) is 0.607.